The fourth-order valence-electron chi connectivity index (χ4n) is 2.60. The minimum Gasteiger partial charge on any atom is -0.496 e. The Balaban J connectivity index is 2.14. The molecule has 0 aromatic heterocycles. The zero-order valence-corrected chi connectivity index (χ0v) is 12.1. The Bertz CT molecular complexity index is 389. The van der Waals surface area contributed by atoms with Crippen LogP contribution >= 0.6 is 0 Å². The molecule has 0 saturated carbocycles. The molecular formula is C15H24N2O2. The second-order valence-corrected chi connectivity index (χ2v) is 5.18. The number of para-hydroxylation sites is 1. The second kappa shape index (κ2) is 6.89. The molecule has 1 aliphatic heterocycles. The van der Waals surface area contributed by atoms with E-state index >= 15 is 0 Å². The van der Waals surface area contributed by atoms with E-state index in [9.17, 15) is 0 Å². The first kappa shape index (κ1) is 14.3. The lowest BCUT2D eigenvalue weighted by Gasteiger charge is -2.32. The number of morpholine rings is 1. The molecule has 1 aromatic carbocycles. The van der Waals surface area contributed by atoms with Crippen molar-refractivity contribution in [2.45, 2.75) is 18.5 Å². The maximum absolute atomic E-state index is 5.54. The van der Waals surface area contributed by atoms with E-state index in [1.54, 1.807) is 7.11 Å². The summed E-state index contributed by atoms with van der Waals surface area (Å²) in [5, 5.41) is 3.52. The van der Waals surface area contributed by atoms with Crippen LogP contribution in [0.25, 0.3) is 0 Å². The van der Waals surface area contributed by atoms with Crippen molar-refractivity contribution in [3.63, 3.8) is 0 Å². The molecule has 0 radical (unpaired) electrons. The van der Waals surface area contributed by atoms with Gasteiger partial charge in [-0.15, -0.1) is 0 Å². The third kappa shape index (κ3) is 3.69. The van der Waals surface area contributed by atoms with E-state index < -0.39 is 0 Å². The Kier molecular flexibility index (Phi) is 5.19. The topological polar surface area (TPSA) is 33.7 Å². The van der Waals surface area contributed by atoms with Crippen LogP contribution in [0, 0.1) is 0 Å². The lowest BCUT2D eigenvalue weighted by Crippen LogP contribution is -2.43. The Morgan fingerprint density at radius 1 is 1.42 bits per heavy atom. The number of benzene rings is 1. The van der Waals surface area contributed by atoms with Gasteiger partial charge in [0.1, 0.15) is 5.75 Å². The molecular weight excluding hydrogens is 240 g/mol. The average molecular weight is 264 g/mol. The highest BCUT2D eigenvalue weighted by Gasteiger charge is 2.23. The molecule has 2 atom stereocenters. The highest BCUT2D eigenvalue weighted by Crippen LogP contribution is 2.31. The Labute approximate surface area is 115 Å². The predicted molar refractivity (Wildman–Crippen MR) is 76.6 cm³/mol. The molecule has 1 aromatic rings. The molecule has 0 spiro atoms. The normalized spacial score (nSPS) is 21.4. The van der Waals surface area contributed by atoms with Gasteiger partial charge in [-0.25, -0.2) is 0 Å². The van der Waals surface area contributed by atoms with Gasteiger partial charge >= 0.3 is 0 Å². The van der Waals surface area contributed by atoms with Crippen molar-refractivity contribution in [1.82, 2.24) is 10.2 Å². The second-order valence-electron chi connectivity index (χ2n) is 5.18. The summed E-state index contributed by atoms with van der Waals surface area (Å²) in [6, 6.07) is 8.99. The van der Waals surface area contributed by atoms with Crippen molar-refractivity contribution in [3.8, 4) is 5.75 Å². The molecule has 4 heteroatoms. The number of methoxy groups -OCH3 is 1. The molecule has 2 rings (SSSR count). The third-order valence-corrected chi connectivity index (χ3v) is 3.63. The van der Waals surface area contributed by atoms with Crippen molar-refractivity contribution in [1.29, 1.82) is 0 Å². The molecule has 1 N–H and O–H groups in total. The first-order chi connectivity index (χ1) is 9.22. The van der Waals surface area contributed by atoms with E-state index in [1.807, 2.05) is 12.1 Å². The van der Waals surface area contributed by atoms with Crippen LogP contribution < -0.4 is 10.1 Å². The minimum absolute atomic E-state index is 0.329. The third-order valence-electron chi connectivity index (χ3n) is 3.63. The van der Waals surface area contributed by atoms with E-state index in [1.165, 1.54) is 5.56 Å². The maximum atomic E-state index is 5.54. The number of nitrogens with zero attached hydrogens (tertiary/aromatic N) is 1. The zero-order chi connectivity index (χ0) is 13.7. The van der Waals surface area contributed by atoms with E-state index in [0.717, 1.165) is 31.9 Å². The van der Waals surface area contributed by atoms with Crippen molar-refractivity contribution >= 4 is 0 Å². The molecule has 0 bridgehead atoms. The molecule has 0 amide bonds. The highest BCUT2D eigenvalue weighted by atomic mass is 16.5. The largest absolute Gasteiger partial charge is 0.496 e. The van der Waals surface area contributed by atoms with Crippen LogP contribution in [0.5, 0.6) is 5.75 Å². The fraction of sp³-hybridized carbons (Fsp3) is 0.600. The summed E-state index contributed by atoms with van der Waals surface area (Å²) in [5.74, 6) is 0.956. The quantitative estimate of drug-likeness (QED) is 0.877. The van der Waals surface area contributed by atoms with Gasteiger partial charge in [-0.1, -0.05) is 18.2 Å². The van der Waals surface area contributed by atoms with E-state index in [0.29, 0.717) is 12.1 Å². The number of nitrogens with one attached hydrogen (secondary N) is 1. The maximum Gasteiger partial charge on any atom is 0.123 e. The minimum atomic E-state index is 0.329. The molecule has 19 heavy (non-hydrogen) atoms. The lowest BCUT2D eigenvalue weighted by atomic mass is 9.97. The molecule has 1 aliphatic rings. The molecule has 106 valence electrons. The molecule has 1 fully saturated rings. The van der Waals surface area contributed by atoms with Crippen molar-refractivity contribution in [3.05, 3.63) is 29.8 Å². The number of rotatable bonds is 5. The van der Waals surface area contributed by atoms with E-state index in [-0.39, 0.29) is 0 Å². The van der Waals surface area contributed by atoms with Gasteiger partial charge in [0.15, 0.2) is 0 Å². The van der Waals surface area contributed by atoms with Gasteiger partial charge in [0.2, 0.25) is 0 Å². The summed E-state index contributed by atoms with van der Waals surface area (Å²) in [6.07, 6.45) is 1.02. The Hall–Kier alpha value is -1.10. The average Bonchev–Trinajstić information content (AvgIpc) is 2.45. The van der Waals surface area contributed by atoms with Crippen molar-refractivity contribution in [2.75, 3.05) is 41.0 Å². The van der Waals surface area contributed by atoms with Crippen LogP contribution in [0.15, 0.2) is 24.3 Å². The van der Waals surface area contributed by atoms with Gasteiger partial charge in [-0.05, 0) is 26.6 Å². The van der Waals surface area contributed by atoms with Gasteiger partial charge in [0.25, 0.3) is 0 Å². The van der Waals surface area contributed by atoms with E-state index in [2.05, 4.69) is 36.4 Å². The SMILES string of the molecule is COc1ccccc1C(CC1COCCN1)N(C)C. The van der Waals surface area contributed by atoms with Gasteiger partial charge in [-0.3, -0.25) is 0 Å². The fourth-order valence-corrected chi connectivity index (χ4v) is 2.60. The van der Waals surface area contributed by atoms with Crippen LogP contribution in [0.1, 0.15) is 18.0 Å². The monoisotopic (exact) mass is 264 g/mol. The Morgan fingerprint density at radius 3 is 2.84 bits per heavy atom. The summed E-state index contributed by atoms with van der Waals surface area (Å²) in [7, 11) is 5.95. The van der Waals surface area contributed by atoms with Crippen LogP contribution in [-0.4, -0.2) is 51.9 Å². The smallest absolute Gasteiger partial charge is 0.123 e. The van der Waals surface area contributed by atoms with Crippen molar-refractivity contribution < 1.29 is 9.47 Å². The first-order valence-electron chi connectivity index (χ1n) is 6.83. The van der Waals surface area contributed by atoms with Gasteiger partial charge in [0, 0.05) is 24.2 Å². The number of ether oxygens (including phenoxy) is 2. The van der Waals surface area contributed by atoms with Crippen LogP contribution in [-0.2, 0) is 4.74 Å². The number of hydrogen-bond donors (Lipinski definition) is 1. The highest BCUT2D eigenvalue weighted by molar-refractivity contribution is 5.36. The summed E-state index contributed by atoms with van der Waals surface area (Å²) < 4.78 is 11.0. The zero-order valence-electron chi connectivity index (χ0n) is 12.1. The first-order valence-corrected chi connectivity index (χ1v) is 6.83. The summed E-state index contributed by atoms with van der Waals surface area (Å²) in [6.45, 7) is 2.55. The lowest BCUT2D eigenvalue weighted by molar-refractivity contribution is 0.0646. The summed E-state index contributed by atoms with van der Waals surface area (Å²) in [4.78, 5) is 2.24. The molecule has 1 saturated heterocycles. The van der Waals surface area contributed by atoms with Crippen LogP contribution in [0.2, 0.25) is 0 Å². The molecule has 2 unspecified atom stereocenters. The van der Waals surface area contributed by atoms with E-state index in [4.69, 9.17) is 9.47 Å². The van der Waals surface area contributed by atoms with Gasteiger partial charge in [-0.2, -0.15) is 0 Å². The van der Waals surface area contributed by atoms with Crippen LogP contribution in [0.3, 0.4) is 0 Å². The van der Waals surface area contributed by atoms with Crippen molar-refractivity contribution in [2.24, 2.45) is 0 Å². The van der Waals surface area contributed by atoms with Gasteiger partial charge < -0.3 is 19.7 Å². The van der Waals surface area contributed by atoms with Crippen LogP contribution in [0.4, 0.5) is 0 Å². The Morgan fingerprint density at radius 2 is 2.21 bits per heavy atom. The summed E-state index contributed by atoms with van der Waals surface area (Å²) in [5.41, 5.74) is 1.24. The standard InChI is InChI=1S/C15H24N2O2/c1-17(2)14(10-12-11-19-9-8-16-12)13-6-4-5-7-15(13)18-3/h4-7,12,14,16H,8-11H2,1-3H3. The van der Waals surface area contributed by atoms with Gasteiger partial charge in [0.05, 0.1) is 20.3 Å². The molecule has 1 heterocycles. The molecule has 0 aliphatic carbocycles. The number of hydrogen-bond acceptors (Lipinski definition) is 4. The summed E-state index contributed by atoms with van der Waals surface area (Å²) >= 11 is 0. The molecule has 4 nitrogen and oxygen atoms in total. The predicted octanol–water partition coefficient (Wildman–Crippen LogP) is 1.68.